The summed E-state index contributed by atoms with van der Waals surface area (Å²) in [6, 6.07) is 11.8. The van der Waals surface area contributed by atoms with Crippen molar-refractivity contribution in [2.24, 2.45) is 0 Å². The SMILES string of the molecule is COc1cc(-c2nnc(-c3ccc(C4=CCN(C(=O)OC(C)(C)C)CC4)c(OC)c3)n2CCO)ccc1C1=CCN(C(=O)OC(C)(C)C)CC1. The molecule has 268 valence electrons. The summed E-state index contributed by atoms with van der Waals surface area (Å²) in [5.41, 5.74) is 4.54. The van der Waals surface area contributed by atoms with Gasteiger partial charge < -0.3 is 38.4 Å². The van der Waals surface area contributed by atoms with Crippen molar-refractivity contribution in [3.63, 3.8) is 0 Å². The van der Waals surface area contributed by atoms with Gasteiger partial charge in [-0.2, -0.15) is 0 Å². The molecule has 0 atom stereocenters. The van der Waals surface area contributed by atoms with Crippen molar-refractivity contribution in [2.45, 2.75) is 72.1 Å². The zero-order valence-corrected chi connectivity index (χ0v) is 30.4. The quantitative estimate of drug-likeness (QED) is 0.276. The lowest BCUT2D eigenvalue weighted by Crippen LogP contribution is -2.39. The second kappa shape index (κ2) is 15.0. The molecule has 0 saturated heterocycles. The van der Waals surface area contributed by atoms with Crippen LogP contribution in [0.5, 0.6) is 11.5 Å². The van der Waals surface area contributed by atoms with Crippen molar-refractivity contribution < 1.29 is 33.6 Å². The second-order valence-corrected chi connectivity index (χ2v) is 14.4. The van der Waals surface area contributed by atoms with Crippen LogP contribution < -0.4 is 9.47 Å². The molecule has 2 aromatic carbocycles. The Kier molecular flexibility index (Phi) is 10.9. The number of rotatable bonds is 8. The van der Waals surface area contributed by atoms with Crippen LogP contribution in [0, 0.1) is 0 Å². The predicted octanol–water partition coefficient (Wildman–Crippen LogP) is 6.67. The smallest absolute Gasteiger partial charge is 0.410 e. The number of ether oxygens (including phenoxy) is 4. The third kappa shape index (κ3) is 8.47. The van der Waals surface area contributed by atoms with Crippen LogP contribution in [0.15, 0.2) is 48.6 Å². The van der Waals surface area contributed by atoms with Crippen LogP contribution in [0.3, 0.4) is 0 Å². The van der Waals surface area contributed by atoms with E-state index in [-0.39, 0.29) is 25.3 Å². The molecule has 2 aliphatic heterocycles. The van der Waals surface area contributed by atoms with Gasteiger partial charge in [0, 0.05) is 55.0 Å². The molecule has 0 radical (unpaired) electrons. The first kappa shape index (κ1) is 36.4. The maximum Gasteiger partial charge on any atom is 0.410 e. The van der Waals surface area contributed by atoms with Gasteiger partial charge in [0.1, 0.15) is 22.7 Å². The maximum atomic E-state index is 12.6. The molecule has 1 N–H and O–H groups in total. The van der Waals surface area contributed by atoms with E-state index in [1.165, 1.54) is 0 Å². The number of aliphatic hydroxyl groups excluding tert-OH is 1. The van der Waals surface area contributed by atoms with Gasteiger partial charge in [0.05, 0.1) is 20.8 Å². The Hall–Kier alpha value is -4.84. The average molecular weight is 688 g/mol. The Morgan fingerprint density at radius 1 is 0.720 bits per heavy atom. The van der Waals surface area contributed by atoms with Crippen molar-refractivity contribution in [3.05, 3.63) is 59.7 Å². The average Bonchev–Trinajstić information content (AvgIpc) is 3.50. The van der Waals surface area contributed by atoms with Crippen molar-refractivity contribution in [1.82, 2.24) is 24.6 Å². The van der Waals surface area contributed by atoms with Crippen LogP contribution in [0.2, 0.25) is 0 Å². The van der Waals surface area contributed by atoms with E-state index in [1.54, 1.807) is 24.0 Å². The standard InChI is InChI=1S/C38H49N5O7/c1-37(2,3)49-35(45)41-17-13-25(14-18-41)29-11-9-27(23-31(29)47-7)33-39-40-34(43(33)21-22-44)28-10-12-30(32(24-28)48-8)26-15-19-42(20-16-26)36(46)50-38(4,5)6/h9-13,15,23-24,44H,14,16-22H2,1-8H3. The van der Waals surface area contributed by atoms with Gasteiger partial charge in [0.25, 0.3) is 0 Å². The van der Waals surface area contributed by atoms with Crippen molar-refractivity contribution in [3.8, 4) is 34.3 Å². The lowest BCUT2D eigenvalue weighted by molar-refractivity contribution is 0.0260. The molecule has 3 heterocycles. The van der Waals surface area contributed by atoms with Gasteiger partial charge >= 0.3 is 12.2 Å². The zero-order valence-electron chi connectivity index (χ0n) is 30.4. The first-order valence-corrected chi connectivity index (χ1v) is 17.0. The normalized spacial score (nSPS) is 15.3. The lowest BCUT2D eigenvalue weighted by atomic mass is 9.97. The van der Waals surface area contributed by atoms with Gasteiger partial charge in [0.15, 0.2) is 11.6 Å². The van der Waals surface area contributed by atoms with Gasteiger partial charge in [-0.15, -0.1) is 10.2 Å². The number of methoxy groups -OCH3 is 2. The summed E-state index contributed by atoms with van der Waals surface area (Å²) in [6.07, 6.45) is 4.76. The molecule has 0 bridgehead atoms. The van der Waals surface area contributed by atoms with E-state index < -0.39 is 11.2 Å². The largest absolute Gasteiger partial charge is 0.496 e. The molecule has 0 fully saturated rings. The van der Waals surface area contributed by atoms with Gasteiger partial charge in [0.2, 0.25) is 0 Å². The van der Waals surface area contributed by atoms with Crippen LogP contribution >= 0.6 is 0 Å². The number of benzene rings is 2. The molecule has 50 heavy (non-hydrogen) atoms. The van der Waals surface area contributed by atoms with Crippen LogP contribution in [-0.4, -0.2) is 100 Å². The third-order valence-corrected chi connectivity index (χ3v) is 8.41. The van der Waals surface area contributed by atoms with Crippen LogP contribution in [0.25, 0.3) is 33.9 Å². The van der Waals surface area contributed by atoms with E-state index in [9.17, 15) is 14.7 Å². The molecule has 5 rings (SSSR count). The van der Waals surface area contributed by atoms with E-state index >= 15 is 0 Å². The highest BCUT2D eigenvalue weighted by Crippen LogP contribution is 2.37. The number of carbonyl (C=O) groups excluding carboxylic acids is 2. The molecule has 0 spiro atoms. The summed E-state index contributed by atoms with van der Waals surface area (Å²) in [4.78, 5) is 28.5. The topological polar surface area (TPSA) is 128 Å². The molecule has 2 amide bonds. The number of aliphatic hydroxyl groups is 1. The minimum atomic E-state index is -0.548. The summed E-state index contributed by atoms with van der Waals surface area (Å²) >= 11 is 0. The molecule has 0 saturated carbocycles. The molecule has 0 aliphatic carbocycles. The van der Waals surface area contributed by atoms with E-state index in [4.69, 9.17) is 18.9 Å². The van der Waals surface area contributed by atoms with E-state index in [1.807, 2.05) is 94.7 Å². The molecule has 12 nitrogen and oxygen atoms in total. The first-order valence-electron chi connectivity index (χ1n) is 17.0. The van der Waals surface area contributed by atoms with Crippen LogP contribution in [-0.2, 0) is 16.0 Å². The van der Waals surface area contributed by atoms with Gasteiger partial charge in [-0.3, -0.25) is 0 Å². The fourth-order valence-electron chi connectivity index (χ4n) is 6.05. The van der Waals surface area contributed by atoms with E-state index in [0.717, 1.165) is 33.4 Å². The number of nitrogens with zero attached hydrogens (tertiary/aromatic N) is 5. The number of hydrogen-bond acceptors (Lipinski definition) is 9. The second-order valence-electron chi connectivity index (χ2n) is 14.4. The summed E-state index contributed by atoms with van der Waals surface area (Å²) < 4.78 is 24.6. The molecular weight excluding hydrogens is 638 g/mol. The Morgan fingerprint density at radius 3 is 1.46 bits per heavy atom. The van der Waals surface area contributed by atoms with Gasteiger partial charge in [-0.05, 0) is 77.7 Å². The first-order chi connectivity index (χ1) is 23.7. The van der Waals surface area contributed by atoms with Crippen LogP contribution in [0.4, 0.5) is 9.59 Å². The molecule has 1 aromatic heterocycles. The number of carbonyl (C=O) groups is 2. The van der Waals surface area contributed by atoms with Gasteiger partial charge in [-0.1, -0.05) is 36.4 Å². The zero-order chi connectivity index (χ0) is 36.2. The van der Waals surface area contributed by atoms with Crippen molar-refractivity contribution >= 4 is 23.3 Å². The Labute approximate surface area is 294 Å². The number of aromatic nitrogens is 3. The summed E-state index contributed by atoms with van der Waals surface area (Å²) in [5, 5.41) is 19.1. The van der Waals surface area contributed by atoms with Gasteiger partial charge in [-0.25, -0.2) is 9.59 Å². The Balaban J connectivity index is 1.38. The highest BCUT2D eigenvalue weighted by atomic mass is 16.6. The lowest BCUT2D eigenvalue weighted by Gasteiger charge is -2.30. The third-order valence-electron chi connectivity index (χ3n) is 8.41. The van der Waals surface area contributed by atoms with Crippen LogP contribution in [0.1, 0.15) is 65.5 Å². The summed E-state index contributed by atoms with van der Waals surface area (Å²) in [7, 11) is 3.26. The fourth-order valence-corrected chi connectivity index (χ4v) is 6.05. The number of amides is 2. The molecule has 2 aliphatic rings. The highest BCUT2D eigenvalue weighted by molar-refractivity contribution is 5.79. The van der Waals surface area contributed by atoms with E-state index in [0.29, 0.717) is 62.2 Å². The Morgan fingerprint density at radius 2 is 1.14 bits per heavy atom. The molecule has 12 heteroatoms. The number of hydrogen-bond donors (Lipinski definition) is 1. The fraction of sp³-hybridized carbons (Fsp3) is 0.474. The Bertz CT molecular complexity index is 1660. The van der Waals surface area contributed by atoms with Crippen molar-refractivity contribution in [1.29, 1.82) is 0 Å². The summed E-state index contributed by atoms with van der Waals surface area (Å²) in [6.45, 7) is 13.3. The molecular formula is C38H49N5O7. The van der Waals surface area contributed by atoms with Crippen molar-refractivity contribution in [2.75, 3.05) is 47.0 Å². The predicted molar refractivity (Wildman–Crippen MR) is 192 cm³/mol. The summed E-state index contributed by atoms with van der Waals surface area (Å²) in [5.74, 6) is 2.54. The monoisotopic (exact) mass is 687 g/mol. The highest BCUT2D eigenvalue weighted by Gasteiger charge is 2.27. The maximum absolute atomic E-state index is 12.6. The molecule has 3 aromatic rings. The van der Waals surface area contributed by atoms with E-state index in [2.05, 4.69) is 10.2 Å². The molecule has 0 unspecified atom stereocenters. The minimum Gasteiger partial charge on any atom is -0.496 e. The minimum absolute atomic E-state index is 0.107.